The van der Waals surface area contributed by atoms with Gasteiger partial charge in [-0.3, -0.25) is 9.59 Å². The number of hydrogen-bond acceptors (Lipinski definition) is 2. The molecule has 1 aromatic rings. The Morgan fingerprint density at radius 2 is 1.55 bits per heavy atom. The van der Waals surface area contributed by atoms with E-state index >= 15 is 0 Å². The van der Waals surface area contributed by atoms with Gasteiger partial charge in [-0.1, -0.05) is 63.6 Å². The molecular formula is C18H27NO3. The number of rotatable bonds is 11. The summed E-state index contributed by atoms with van der Waals surface area (Å²) >= 11 is 0. The SMILES string of the molecule is CCCCCCCCCC(=O)N(CC(=O)O)c1ccccc1. The van der Waals surface area contributed by atoms with Crippen molar-refractivity contribution < 1.29 is 14.7 Å². The third-order valence-corrected chi connectivity index (χ3v) is 3.66. The van der Waals surface area contributed by atoms with Crippen molar-refractivity contribution in [2.75, 3.05) is 11.4 Å². The van der Waals surface area contributed by atoms with Gasteiger partial charge in [0.2, 0.25) is 5.91 Å². The fourth-order valence-electron chi connectivity index (χ4n) is 2.43. The molecule has 1 rings (SSSR count). The van der Waals surface area contributed by atoms with Crippen LogP contribution in [0.15, 0.2) is 30.3 Å². The van der Waals surface area contributed by atoms with Crippen molar-refractivity contribution in [3.63, 3.8) is 0 Å². The summed E-state index contributed by atoms with van der Waals surface area (Å²) < 4.78 is 0. The van der Waals surface area contributed by atoms with Gasteiger partial charge >= 0.3 is 5.97 Å². The molecule has 0 aliphatic rings. The molecule has 1 aromatic carbocycles. The lowest BCUT2D eigenvalue weighted by Gasteiger charge is -2.20. The highest BCUT2D eigenvalue weighted by atomic mass is 16.4. The Hall–Kier alpha value is -1.84. The minimum atomic E-state index is -0.989. The lowest BCUT2D eigenvalue weighted by molar-refractivity contribution is -0.136. The molecular weight excluding hydrogens is 278 g/mol. The van der Waals surface area contributed by atoms with E-state index in [-0.39, 0.29) is 12.5 Å². The summed E-state index contributed by atoms with van der Waals surface area (Å²) in [4.78, 5) is 24.6. The first-order valence-electron chi connectivity index (χ1n) is 8.22. The van der Waals surface area contributed by atoms with E-state index in [1.165, 1.54) is 30.6 Å². The molecule has 0 aliphatic heterocycles. The van der Waals surface area contributed by atoms with Crippen molar-refractivity contribution in [1.82, 2.24) is 0 Å². The zero-order valence-corrected chi connectivity index (χ0v) is 13.5. The number of unbranched alkanes of at least 4 members (excludes halogenated alkanes) is 6. The monoisotopic (exact) mass is 305 g/mol. The van der Waals surface area contributed by atoms with Crippen LogP contribution in [0.1, 0.15) is 58.3 Å². The van der Waals surface area contributed by atoms with Crippen molar-refractivity contribution >= 4 is 17.6 Å². The van der Waals surface area contributed by atoms with Crippen molar-refractivity contribution in [3.8, 4) is 0 Å². The third kappa shape index (κ3) is 7.25. The van der Waals surface area contributed by atoms with Gasteiger partial charge in [0.05, 0.1) is 0 Å². The van der Waals surface area contributed by atoms with Gasteiger partial charge in [0.1, 0.15) is 6.54 Å². The van der Waals surface area contributed by atoms with Crippen LogP contribution < -0.4 is 4.90 Å². The van der Waals surface area contributed by atoms with Crippen LogP contribution in [0.4, 0.5) is 5.69 Å². The fraction of sp³-hybridized carbons (Fsp3) is 0.556. The first-order chi connectivity index (χ1) is 10.6. The predicted octanol–water partition coefficient (Wildman–Crippen LogP) is 4.24. The highest BCUT2D eigenvalue weighted by molar-refractivity contribution is 5.97. The molecule has 0 fully saturated rings. The maximum absolute atomic E-state index is 12.3. The zero-order chi connectivity index (χ0) is 16.2. The van der Waals surface area contributed by atoms with Crippen molar-refractivity contribution in [2.45, 2.75) is 58.3 Å². The summed E-state index contributed by atoms with van der Waals surface area (Å²) in [6.45, 7) is 1.92. The fourth-order valence-corrected chi connectivity index (χ4v) is 2.43. The van der Waals surface area contributed by atoms with Crippen LogP contribution in [0.5, 0.6) is 0 Å². The minimum absolute atomic E-state index is 0.109. The van der Waals surface area contributed by atoms with Crippen molar-refractivity contribution in [1.29, 1.82) is 0 Å². The van der Waals surface area contributed by atoms with Gasteiger partial charge in [-0.15, -0.1) is 0 Å². The third-order valence-electron chi connectivity index (χ3n) is 3.66. The van der Waals surface area contributed by atoms with Gasteiger partial charge in [-0.05, 0) is 18.6 Å². The van der Waals surface area contributed by atoms with E-state index in [0.29, 0.717) is 12.1 Å². The van der Waals surface area contributed by atoms with Crippen LogP contribution in [-0.4, -0.2) is 23.5 Å². The molecule has 0 aromatic heterocycles. The lowest BCUT2D eigenvalue weighted by atomic mass is 10.1. The van der Waals surface area contributed by atoms with Crippen molar-refractivity contribution in [2.24, 2.45) is 0 Å². The second-order valence-corrected chi connectivity index (χ2v) is 5.58. The second kappa shape index (κ2) is 10.8. The summed E-state index contributed by atoms with van der Waals surface area (Å²) in [5.74, 6) is -1.10. The zero-order valence-electron chi connectivity index (χ0n) is 13.5. The highest BCUT2D eigenvalue weighted by Crippen LogP contribution is 2.16. The Morgan fingerprint density at radius 3 is 2.14 bits per heavy atom. The van der Waals surface area contributed by atoms with Gasteiger partial charge < -0.3 is 10.0 Å². The largest absolute Gasteiger partial charge is 0.480 e. The number of carboxylic acids is 1. The molecule has 0 bridgehead atoms. The first kappa shape index (κ1) is 18.2. The quantitative estimate of drug-likeness (QED) is 0.622. The van der Waals surface area contributed by atoms with Crippen LogP contribution in [0.3, 0.4) is 0 Å². The molecule has 1 N–H and O–H groups in total. The average Bonchev–Trinajstić information content (AvgIpc) is 2.52. The standard InChI is InChI=1S/C18H27NO3/c1-2-3-4-5-6-7-11-14-17(20)19(15-18(21)22)16-12-9-8-10-13-16/h8-10,12-13H,2-7,11,14-15H2,1H3,(H,21,22). The first-order valence-corrected chi connectivity index (χ1v) is 8.22. The van der Waals surface area contributed by atoms with E-state index in [1.54, 1.807) is 12.1 Å². The number of carbonyl (C=O) groups is 2. The highest BCUT2D eigenvalue weighted by Gasteiger charge is 2.17. The molecule has 0 spiro atoms. The number of carboxylic acid groups (broad SMARTS) is 1. The van der Waals surface area contributed by atoms with Crippen LogP contribution in [0.2, 0.25) is 0 Å². The van der Waals surface area contributed by atoms with Crippen molar-refractivity contribution in [3.05, 3.63) is 30.3 Å². The molecule has 22 heavy (non-hydrogen) atoms. The Bertz CT molecular complexity index is 445. The Morgan fingerprint density at radius 1 is 0.955 bits per heavy atom. The van der Waals surface area contributed by atoms with Crippen LogP contribution in [0.25, 0.3) is 0 Å². The maximum atomic E-state index is 12.3. The maximum Gasteiger partial charge on any atom is 0.323 e. The van der Waals surface area contributed by atoms with E-state index in [4.69, 9.17) is 5.11 Å². The van der Waals surface area contributed by atoms with Gasteiger partial charge in [-0.25, -0.2) is 0 Å². The number of carbonyl (C=O) groups excluding carboxylic acids is 1. The smallest absolute Gasteiger partial charge is 0.323 e. The lowest BCUT2D eigenvalue weighted by Crippen LogP contribution is -2.35. The Labute approximate surface area is 133 Å². The van der Waals surface area contributed by atoms with Gasteiger partial charge in [-0.2, -0.15) is 0 Å². The van der Waals surface area contributed by atoms with Crippen LogP contribution >= 0.6 is 0 Å². The predicted molar refractivity (Wildman–Crippen MR) is 89.0 cm³/mol. The molecule has 0 aliphatic carbocycles. The van der Waals surface area contributed by atoms with Gasteiger partial charge in [0.25, 0.3) is 0 Å². The number of anilines is 1. The minimum Gasteiger partial charge on any atom is -0.480 e. The van der Waals surface area contributed by atoms with E-state index in [1.807, 2.05) is 18.2 Å². The number of para-hydroxylation sites is 1. The van der Waals surface area contributed by atoms with E-state index < -0.39 is 5.97 Å². The summed E-state index contributed by atoms with van der Waals surface area (Å²) in [5, 5.41) is 8.99. The van der Waals surface area contributed by atoms with Gasteiger partial charge in [0.15, 0.2) is 0 Å². The van der Waals surface area contributed by atoms with Crippen LogP contribution in [0, 0.1) is 0 Å². The topological polar surface area (TPSA) is 57.6 Å². The van der Waals surface area contributed by atoms with E-state index in [9.17, 15) is 9.59 Å². The molecule has 0 radical (unpaired) electrons. The Kier molecular flexibility index (Phi) is 8.96. The number of amides is 1. The number of aliphatic carboxylic acids is 1. The molecule has 0 atom stereocenters. The molecule has 0 heterocycles. The average molecular weight is 305 g/mol. The summed E-state index contributed by atoms with van der Waals surface area (Å²) in [6, 6.07) is 9.01. The molecule has 0 saturated carbocycles. The number of hydrogen-bond donors (Lipinski definition) is 1. The van der Waals surface area contributed by atoms with Crippen LogP contribution in [-0.2, 0) is 9.59 Å². The number of benzene rings is 1. The summed E-state index contributed by atoms with van der Waals surface area (Å²) in [6.07, 6.45) is 8.42. The van der Waals surface area contributed by atoms with Gasteiger partial charge in [0, 0.05) is 12.1 Å². The van der Waals surface area contributed by atoms with E-state index in [0.717, 1.165) is 19.3 Å². The number of nitrogens with zero attached hydrogens (tertiary/aromatic N) is 1. The molecule has 4 heteroatoms. The Balaban J connectivity index is 2.40. The molecule has 4 nitrogen and oxygen atoms in total. The van der Waals surface area contributed by atoms with E-state index in [2.05, 4.69) is 6.92 Å². The molecule has 122 valence electrons. The summed E-state index contributed by atoms with van der Waals surface area (Å²) in [5.41, 5.74) is 0.651. The molecule has 0 saturated heterocycles. The molecule has 1 amide bonds. The second-order valence-electron chi connectivity index (χ2n) is 5.58. The molecule has 0 unspecified atom stereocenters. The summed E-state index contributed by atoms with van der Waals surface area (Å²) in [7, 11) is 0. The normalized spacial score (nSPS) is 10.4.